The van der Waals surface area contributed by atoms with Gasteiger partial charge in [0.25, 0.3) is 5.91 Å². The van der Waals surface area contributed by atoms with E-state index in [0.717, 1.165) is 16.5 Å². The normalized spacial score (nSPS) is 17.2. The number of amides is 1. The van der Waals surface area contributed by atoms with Crippen molar-refractivity contribution in [2.24, 2.45) is 0 Å². The highest BCUT2D eigenvalue weighted by atomic mass is 32.2. The zero-order chi connectivity index (χ0) is 24.9. The van der Waals surface area contributed by atoms with E-state index in [1.165, 1.54) is 0 Å². The van der Waals surface area contributed by atoms with Gasteiger partial charge in [0.15, 0.2) is 21.2 Å². The molecule has 2 N–H and O–H groups in total. The molecule has 36 heavy (non-hydrogen) atoms. The van der Waals surface area contributed by atoms with Crippen LogP contribution in [0.25, 0.3) is 33.4 Å². The summed E-state index contributed by atoms with van der Waals surface area (Å²) in [5.74, 6) is 0.421. The number of hydrogen-bond acceptors (Lipinski definition) is 6. The second kappa shape index (κ2) is 8.63. The van der Waals surface area contributed by atoms with Gasteiger partial charge in [-0.3, -0.25) is 4.79 Å². The van der Waals surface area contributed by atoms with Crippen molar-refractivity contribution < 1.29 is 17.6 Å². The number of nitrogens with one attached hydrogen (secondary N) is 2. The smallest absolute Gasteiger partial charge is 0.252 e. The van der Waals surface area contributed by atoms with Crippen molar-refractivity contribution in [3.05, 3.63) is 71.7 Å². The highest BCUT2D eigenvalue weighted by Gasteiger charge is 2.32. The van der Waals surface area contributed by atoms with Crippen molar-refractivity contribution in [3.63, 3.8) is 0 Å². The number of sulfone groups is 1. The van der Waals surface area contributed by atoms with Crippen LogP contribution >= 0.6 is 0 Å². The third-order valence-electron chi connectivity index (χ3n) is 6.76. The molecular weight excluding hydrogens is 478 g/mol. The molecule has 1 atom stereocenters. The van der Waals surface area contributed by atoms with Gasteiger partial charge in [-0.25, -0.2) is 18.1 Å². The van der Waals surface area contributed by atoms with E-state index in [1.807, 2.05) is 31.3 Å². The van der Waals surface area contributed by atoms with Gasteiger partial charge in [-0.1, -0.05) is 18.2 Å². The van der Waals surface area contributed by atoms with E-state index in [9.17, 15) is 13.2 Å². The molecule has 5 heterocycles. The molecule has 0 spiro atoms. The lowest BCUT2D eigenvalue weighted by Gasteiger charge is -2.11. The average Bonchev–Trinajstić information content (AvgIpc) is 3.65. The number of fused-ring (bicyclic) bond motifs is 2. The third-order valence-corrected chi connectivity index (χ3v) is 8.51. The zero-order valence-corrected chi connectivity index (χ0v) is 20.5. The van der Waals surface area contributed by atoms with Crippen LogP contribution in [0.1, 0.15) is 34.1 Å². The number of hydrogen-bond donors (Lipinski definition) is 2. The Labute approximate surface area is 207 Å². The minimum absolute atomic E-state index is 0.0159. The molecule has 1 unspecified atom stereocenters. The van der Waals surface area contributed by atoms with E-state index in [0.29, 0.717) is 53.1 Å². The first-order valence-corrected chi connectivity index (χ1v) is 13.7. The predicted molar refractivity (Wildman–Crippen MR) is 137 cm³/mol. The number of carbonyl (C=O) groups excluding carboxylic acids is 1. The maximum atomic E-state index is 13.4. The first-order valence-electron chi connectivity index (χ1n) is 11.9. The molecule has 1 aliphatic rings. The third kappa shape index (κ3) is 3.97. The minimum atomic E-state index is -3.12. The molecule has 1 fully saturated rings. The number of rotatable bonds is 6. The summed E-state index contributed by atoms with van der Waals surface area (Å²) in [6, 6.07) is 13.0. The van der Waals surface area contributed by atoms with Crippen LogP contribution in [0.15, 0.2) is 59.3 Å². The summed E-state index contributed by atoms with van der Waals surface area (Å²) in [4.78, 5) is 21.5. The number of nitrogens with zero attached hydrogens (tertiary/aromatic N) is 3. The Hall–Kier alpha value is -3.92. The summed E-state index contributed by atoms with van der Waals surface area (Å²) in [5, 5.41) is 9.44. The lowest BCUT2D eigenvalue weighted by atomic mass is 10.1. The van der Waals surface area contributed by atoms with Crippen molar-refractivity contribution in [2.45, 2.75) is 25.8 Å². The van der Waals surface area contributed by atoms with Crippen LogP contribution in [-0.2, 0) is 16.3 Å². The molecular formula is C26H25N5O4S. The van der Waals surface area contributed by atoms with Crippen molar-refractivity contribution in [3.8, 4) is 11.5 Å². The number of aryl methyl sites for hydroxylation is 1. The molecule has 10 heteroatoms. The Kier molecular flexibility index (Phi) is 5.40. The van der Waals surface area contributed by atoms with E-state index < -0.39 is 9.84 Å². The molecule has 0 aliphatic carbocycles. The Morgan fingerprint density at radius 3 is 2.89 bits per heavy atom. The van der Waals surface area contributed by atoms with Crippen LogP contribution in [0, 0.1) is 6.92 Å². The summed E-state index contributed by atoms with van der Waals surface area (Å²) in [6.45, 7) is 2.27. The number of carbonyl (C=O) groups is 1. The Morgan fingerprint density at radius 1 is 1.25 bits per heavy atom. The number of benzene rings is 1. The summed E-state index contributed by atoms with van der Waals surface area (Å²) in [7, 11) is -3.12. The van der Waals surface area contributed by atoms with Gasteiger partial charge >= 0.3 is 0 Å². The zero-order valence-electron chi connectivity index (χ0n) is 19.7. The maximum absolute atomic E-state index is 13.4. The number of pyridine rings is 1. The number of para-hydroxylation sites is 1. The Bertz CT molecular complexity index is 1700. The second-order valence-corrected chi connectivity index (χ2v) is 11.4. The van der Waals surface area contributed by atoms with Crippen molar-refractivity contribution in [2.75, 3.05) is 18.1 Å². The molecule has 4 aromatic heterocycles. The summed E-state index contributed by atoms with van der Waals surface area (Å²) < 4.78 is 31.5. The quantitative estimate of drug-likeness (QED) is 0.363. The first kappa shape index (κ1) is 22.5. The molecule has 0 bridgehead atoms. The maximum Gasteiger partial charge on any atom is 0.252 e. The summed E-state index contributed by atoms with van der Waals surface area (Å²) in [5.41, 5.74) is 4.26. The second-order valence-electron chi connectivity index (χ2n) is 9.18. The molecule has 9 nitrogen and oxygen atoms in total. The van der Waals surface area contributed by atoms with Crippen molar-refractivity contribution >= 4 is 37.7 Å². The fraction of sp³-hybridized carbons (Fsp3) is 0.269. The van der Waals surface area contributed by atoms with Gasteiger partial charge in [0.2, 0.25) is 0 Å². The highest BCUT2D eigenvalue weighted by molar-refractivity contribution is 7.91. The van der Waals surface area contributed by atoms with E-state index in [4.69, 9.17) is 9.40 Å². The van der Waals surface area contributed by atoms with Crippen LogP contribution in [0.4, 0.5) is 0 Å². The van der Waals surface area contributed by atoms with E-state index in [2.05, 4.69) is 21.5 Å². The summed E-state index contributed by atoms with van der Waals surface area (Å²) >= 11 is 0. The van der Waals surface area contributed by atoms with Gasteiger partial charge in [-0.05, 0) is 49.6 Å². The average molecular weight is 504 g/mol. The van der Waals surface area contributed by atoms with Gasteiger partial charge in [-0.15, -0.1) is 0 Å². The molecule has 0 radical (unpaired) electrons. The van der Waals surface area contributed by atoms with Crippen molar-refractivity contribution in [1.82, 2.24) is 25.1 Å². The lowest BCUT2D eigenvalue weighted by molar-refractivity contribution is 0.0955. The molecule has 6 rings (SSSR count). The molecule has 1 amide bonds. The van der Waals surface area contributed by atoms with Gasteiger partial charge in [0.05, 0.1) is 40.5 Å². The number of aromatic nitrogens is 4. The van der Waals surface area contributed by atoms with Gasteiger partial charge < -0.3 is 14.7 Å². The highest BCUT2D eigenvalue weighted by Crippen LogP contribution is 2.32. The van der Waals surface area contributed by atoms with Crippen LogP contribution in [0.5, 0.6) is 0 Å². The largest absolute Gasteiger partial charge is 0.463 e. The SMILES string of the molecule is Cc1nn(C2CCS(=O)(=O)C2)c2nc(-c3ccco3)cc(C(=O)NCCc3c[nH]c4ccccc34)c12. The number of aromatic amines is 1. The van der Waals surface area contributed by atoms with Gasteiger partial charge in [0, 0.05) is 23.6 Å². The molecule has 1 saturated heterocycles. The van der Waals surface area contributed by atoms with E-state index in [-0.39, 0.29) is 23.5 Å². The fourth-order valence-corrected chi connectivity index (χ4v) is 6.70. The number of furan rings is 1. The predicted octanol–water partition coefficient (Wildman–Crippen LogP) is 3.81. The van der Waals surface area contributed by atoms with Crippen LogP contribution in [0.2, 0.25) is 0 Å². The van der Waals surface area contributed by atoms with E-state index in [1.54, 1.807) is 29.1 Å². The molecule has 0 saturated carbocycles. The van der Waals surface area contributed by atoms with Crippen LogP contribution in [-0.4, -0.2) is 52.1 Å². The Balaban J connectivity index is 1.35. The monoisotopic (exact) mass is 503 g/mol. The molecule has 1 aromatic carbocycles. The molecule has 1 aliphatic heterocycles. The fourth-order valence-electron chi connectivity index (χ4n) is 5.01. The molecule has 184 valence electrons. The topological polar surface area (TPSA) is 123 Å². The number of H-pyrrole nitrogens is 1. The standard InChI is InChI=1S/C26H25N5O4S/c1-16-24-20(26(32)27-10-8-17-14-28-21-6-3-2-5-19(17)21)13-22(23-7-4-11-35-23)29-25(24)31(30-16)18-9-12-36(33,34)15-18/h2-7,11,13-14,18,28H,8-10,12,15H2,1H3,(H,27,32). The van der Waals surface area contributed by atoms with Crippen LogP contribution in [0.3, 0.4) is 0 Å². The van der Waals surface area contributed by atoms with Gasteiger partial charge in [-0.2, -0.15) is 5.10 Å². The van der Waals surface area contributed by atoms with Crippen LogP contribution < -0.4 is 5.32 Å². The van der Waals surface area contributed by atoms with Gasteiger partial charge in [0.1, 0.15) is 5.69 Å². The minimum Gasteiger partial charge on any atom is -0.463 e. The lowest BCUT2D eigenvalue weighted by Crippen LogP contribution is -2.26. The Morgan fingerprint density at radius 2 is 2.11 bits per heavy atom. The van der Waals surface area contributed by atoms with E-state index >= 15 is 0 Å². The van der Waals surface area contributed by atoms with Crippen molar-refractivity contribution in [1.29, 1.82) is 0 Å². The summed E-state index contributed by atoms with van der Waals surface area (Å²) in [6.07, 6.45) is 4.67. The first-order chi connectivity index (χ1) is 17.4. The molecule has 5 aromatic rings.